The molecule has 6 nitrogen and oxygen atoms in total. The molecule has 0 bridgehead atoms. The molecule has 170 valence electrons. The summed E-state index contributed by atoms with van der Waals surface area (Å²) in [5.74, 6) is -2.61. The Kier molecular flexibility index (Phi) is 11.7. The van der Waals surface area contributed by atoms with Crippen LogP contribution in [0, 0.1) is 0 Å². The Balaban J connectivity index is 0.000000592. The summed E-state index contributed by atoms with van der Waals surface area (Å²) in [6.07, 6.45) is -2.08. The Hall–Kier alpha value is -3.07. The molecule has 0 heterocycles. The van der Waals surface area contributed by atoms with Gasteiger partial charge in [0.25, 0.3) is 0 Å². The summed E-state index contributed by atoms with van der Waals surface area (Å²) in [4.78, 5) is 19.3. The van der Waals surface area contributed by atoms with Crippen LogP contribution in [0.4, 0.5) is 13.2 Å². The number of benzene rings is 2. The molecule has 0 aliphatic rings. The van der Waals surface area contributed by atoms with Gasteiger partial charge in [-0.2, -0.15) is 13.2 Å². The molecule has 31 heavy (non-hydrogen) atoms. The summed E-state index contributed by atoms with van der Waals surface area (Å²) in [6, 6.07) is 18.5. The van der Waals surface area contributed by atoms with Crippen molar-refractivity contribution in [2.75, 3.05) is 19.7 Å². The molecule has 0 spiro atoms. The van der Waals surface area contributed by atoms with Gasteiger partial charge in [-0.1, -0.05) is 42.5 Å². The fourth-order valence-electron chi connectivity index (χ4n) is 2.46. The van der Waals surface area contributed by atoms with Gasteiger partial charge >= 0.3 is 18.1 Å². The second-order valence-electron chi connectivity index (χ2n) is 6.53. The minimum Gasteiger partial charge on any atom is -0.493 e. The van der Waals surface area contributed by atoms with Crippen LogP contribution < -0.4 is 10.1 Å². The number of alkyl halides is 3. The van der Waals surface area contributed by atoms with E-state index in [-0.39, 0.29) is 6.42 Å². The number of hydrogen-bond donors (Lipinski definition) is 3. The molecular formula is C22H26F3NO5. The lowest BCUT2D eigenvalue weighted by molar-refractivity contribution is -0.192. The normalized spacial score (nSPS) is 10.7. The first-order valence-electron chi connectivity index (χ1n) is 9.67. The van der Waals surface area contributed by atoms with E-state index in [1.165, 1.54) is 11.1 Å². The minimum atomic E-state index is -5.08. The molecule has 2 rings (SSSR count). The number of carboxylic acid groups (broad SMARTS) is 2. The molecule has 3 N–H and O–H groups in total. The van der Waals surface area contributed by atoms with Crippen molar-refractivity contribution >= 4 is 11.9 Å². The summed E-state index contributed by atoms with van der Waals surface area (Å²) in [5, 5.41) is 18.8. The molecule has 0 saturated heterocycles. The molecule has 0 radical (unpaired) electrons. The quantitative estimate of drug-likeness (QED) is 0.457. The highest BCUT2D eigenvalue weighted by atomic mass is 19.4. The summed E-state index contributed by atoms with van der Waals surface area (Å²) in [6.45, 7) is 2.02. The maximum atomic E-state index is 10.6. The van der Waals surface area contributed by atoms with E-state index in [0.717, 1.165) is 31.6 Å². The zero-order chi connectivity index (χ0) is 23.1. The highest BCUT2D eigenvalue weighted by Gasteiger charge is 2.38. The number of carboxylic acids is 2. The highest BCUT2D eigenvalue weighted by molar-refractivity contribution is 5.73. The first-order valence-corrected chi connectivity index (χ1v) is 9.67. The number of ether oxygens (including phenoxy) is 1. The Morgan fingerprint density at radius 3 is 2.16 bits per heavy atom. The van der Waals surface area contributed by atoms with Crippen LogP contribution in [-0.2, 0) is 22.4 Å². The number of halogens is 3. The second-order valence-corrected chi connectivity index (χ2v) is 6.53. The van der Waals surface area contributed by atoms with Gasteiger partial charge in [0, 0.05) is 13.0 Å². The number of carbonyl (C=O) groups is 2. The third-order valence-corrected chi connectivity index (χ3v) is 3.98. The van der Waals surface area contributed by atoms with Gasteiger partial charge in [-0.3, -0.25) is 4.79 Å². The summed E-state index contributed by atoms with van der Waals surface area (Å²) in [5.41, 5.74) is 2.52. The van der Waals surface area contributed by atoms with Crippen LogP contribution in [0.1, 0.15) is 24.0 Å². The Labute approximate surface area is 178 Å². The molecule has 0 fully saturated rings. The van der Waals surface area contributed by atoms with Crippen LogP contribution >= 0.6 is 0 Å². The fraction of sp³-hybridized carbons (Fsp3) is 0.364. The van der Waals surface area contributed by atoms with Crippen LogP contribution in [0.15, 0.2) is 54.6 Å². The van der Waals surface area contributed by atoms with Gasteiger partial charge in [-0.15, -0.1) is 0 Å². The van der Waals surface area contributed by atoms with Gasteiger partial charge in [-0.25, -0.2) is 4.79 Å². The van der Waals surface area contributed by atoms with Gasteiger partial charge in [0.05, 0.1) is 13.0 Å². The van der Waals surface area contributed by atoms with E-state index in [9.17, 15) is 18.0 Å². The van der Waals surface area contributed by atoms with Crippen molar-refractivity contribution in [3.05, 3.63) is 65.7 Å². The number of nitrogens with one attached hydrogen (secondary N) is 1. The van der Waals surface area contributed by atoms with Crippen molar-refractivity contribution in [2.24, 2.45) is 0 Å². The van der Waals surface area contributed by atoms with E-state index in [1.54, 1.807) is 0 Å². The minimum absolute atomic E-state index is 0.171. The van der Waals surface area contributed by atoms with Gasteiger partial charge in [0.15, 0.2) is 0 Å². The molecule has 2 aromatic rings. The first-order chi connectivity index (χ1) is 14.7. The van der Waals surface area contributed by atoms with Gasteiger partial charge in [0.1, 0.15) is 5.75 Å². The smallest absolute Gasteiger partial charge is 0.490 e. The Bertz CT molecular complexity index is 797. The zero-order valence-corrected chi connectivity index (χ0v) is 16.9. The van der Waals surface area contributed by atoms with E-state index in [0.29, 0.717) is 13.2 Å². The third kappa shape index (κ3) is 13.0. The van der Waals surface area contributed by atoms with Crippen LogP contribution in [0.3, 0.4) is 0 Å². The summed E-state index contributed by atoms with van der Waals surface area (Å²) in [7, 11) is 0. The number of aryl methyl sites for hydroxylation is 1. The van der Waals surface area contributed by atoms with Crippen molar-refractivity contribution in [2.45, 2.75) is 31.9 Å². The Morgan fingerprint density at radius 1 is 0.903 bits per heavy atom. The predicted molar refractivity (Wildman–Crippen MR) is 109 cm³/mol. The monoisotopic (exact) mass is 441 g/mol. The van der Waals surface area contributed by atoms with Gasteiger partial charge < -0.3 is 20.3 Å². The summed E-state index contributed by atoms with van der Waals surface area (Å²) < 4.78 is 37.6. The van der Waals surface area contributed by atoms with Crippen LogP contribution in [0.5, 0.6) is 5.75 Å². The maximum Gasteiger partial charge on any atom is 0.490 e. The van der Waals surface area contributed by atoms with E-state index in [1.807, 2.05) is 30.3 Å². The molecule has 0 aliphatic heterocycles. The second kappa shape index (κ2) is 14.0. The van der Waals surface area contributed by atoms with E-state index >= 15 is 0 Å². The van der Waals surface area contributed by atoms with Crippen molar-refractivity contribution in [3.63, 3.8) is 0 Å². The lowest BCUT2D eigenvalue weighted by Gasteiger charge is -2.09. The SMILES string of the molecule is O=C(O)C(F)(F)F.O=C(O)CCNCCCc1cccc(OCCc2ccccc2)c1. The molecule has 0 aliphatic carbocycles. The molecule has 2 aromatic carbocycles. The first kappa shape index (κ1) is 26.0. The zero-order valence-electron chi connectivity index (χ0n) is 16.9. The molecule has 0 aromatic heterocycles. The predicted octanol–water partition coefficient (Wildman–Crippen LogP) is 3.94. The number of hydrogen-bond acceptors (Lipinski definition) is 4. The Morgan fingerprint density at radius 2 is 1.55 bits per heavy atom. The van der Waals surface area contributed by atoms with E-state index in [4.69, 9.17) is 19.7 Å². The molecule has 0 saturated carbocycles. The van der Waals surface area contributed by atoms with Crippen LogP contribution in [-0.4, -0.2) is 48.0 Å². The lowest BCUT2D eigenvalue weighted by Crippen LogP contribution is -2.21. The van der Waals surface area contributed by atoms with Gasteiger partial charge in [-0.05, 0) is 42.6 Å². The van der Waals surface area contributed by atoms with E-state index < -0.39 is 18.1 Å². The molecule has 0 atom stereocenters. The van der Waals surface area contributed by atoms with Crippen molar-refractivity contribution in [1.82, 2.24) is 5.32 Å². The lowest BCUT2D eigenvalue weighted by atomic mass is 10.1. The third-order valence-electron chi connectivity index (χ3n) is 3.98. The topological polar surface area (TPSA) is 95.9 Å². The highest BCUT2D eigenvalue weighted by Crippen LogP contribution is 2.15. The molecule has 0 amide bonds. The van der Waals surface area contributed by atoms with Crippen LogP contribution in [0.2, 0.25) is 0 Å². The van der Waals surface area contributed by atoms with Crippen molar-refractivity contribution in [3.8, 4) is 5.75 Å². The molecule has 9 heteroatoms. The average molecular weight is 441 g/mol. The van der Waals surface area contributed by atoms with Gasteiger partial charge in [0.2, 0.25) is 0 Å². The van der Waals surface area contributed by atoms with Crippen LogP contribution in [0.25, 0.3) is 0 Å². The van der Waals surface area contributed by atoms with Crippen molar-refractivity contribution < 1.29 is 37.7 Å². The largest absolute Gasteiger partial charge is 0.493 e. The molecule has 0 unspecified atom stereocenters. The average Bonchev–Trinajstić information content (AvgIpc) is 2.71. The number of rotatable bonds is 11. The van der Waals surface area contributed by atoms with Crippen molar-refractivity contribution in [1.29, 1.82) is 0 Å². The summed E-state index contributed by atoms with van der Waals surface area (Å²) >= 11 is 0. The number of aliphatic carboxylic acids is 2. The standard InChI is InChI=1S/C20H25NO3.C2HF3O2/c22-20(23)11-14-21-13-5-9-18-8-4-10-19(16-18)24-15-12-17-6-2-1-3-7-17;3-2(4,5)1(6)7/h1-4,6-8,10,16,21H,5,9,11-15H2,(H,22,23);(H,6,7). The maximum absolute atomic E-state index is 10.6. The molecular weight excluding hydrogens is 415 g/mol. The fourth-order valence-corrected chi connectivity index (χ4v) is 2.46. The van der Waals surface area contributed by atoms with E-state index in [2.05, 4.69) is 29.6 Å².